The van der Waals surface area contributed by atoms with Gasteiger partial charge in [-0.3, -0.25) is 9.59 Å². The topological polar surface area (TPSA) is 153 Å². The lowest BCUT2D eigenvalue weighted by atomic mass is 10.2. The number of sulfonamides is 1. The van der Waals surface area contributed by atoms with Crippen molar-refractivity contribution in [3.05, 3.63) is 17.5 Å². The monoisotopic (exact) mass is 305 g/mol. The van der Waals surface area contributed by atoms with E-state index in [0.717, 1.165) is 0 Å². The zero-order chi connectivity index (χ0) is 15.3. The molecule has 1 aromatic rings. The van der Waals surface area contributed by atoms with E-state index in [0.29, 0.717) is 5.76 Å². The van der Waals surface area contributed by atoms with Crippen molar-refractivity contribution >= 4 is 21.9 Å². The van der Waals surface area contributed by atoms with Crippen molar-refractivity contribution in [3.63, 3.8) is 0 Å². The number of aliphatic carboxylic acids is 1. The molecular formula is C10H15N3O6S. The normalized spacial score (nSPS) is 13.1. The van der Waals surface area contributed by atoms with Crippen LogP contribution in [0.25, 0.3) is 0 Å². The Morgan fingerprint density at radius 3 is 2.65 bits per heavy atom. The summed E-state index contributed by atoms with van der Waals surface area (Å²) in [6.45, 7) is 1.60. The summed E-state index contributed by atoms with van der Waals surface area (Å²) in [7, 11) is -3.92. The minimum atomic E-state index is -3.92. The Morgan fingerprint density at radius 1 is 1.55 bits per heavy atom. The summed E-state index contributed by atoms with van der Waals surface area (Å²) in [5.74, 6) is -2.16. The largest absolute Gasteiger partial charge is 0.480 e. The summed E-state index contributed by atoms with van der Waals surface area (Å²) >= 11 is 0. The number of hydrogen-bond donors (Lipinski definition) is 3. The number of nitrogens with zero attached hydrogens (tertiary/aromatic N) is 1. The second-order valence-corrected chi connectivity index (χ2v) is 5.96. The van der Waals surface area contributed by atoms with Gasteiger partial charge in [-0.25, -0.2) is 13.1 Å². The van der Waals surface area contributed by atoms with Crippen LogP contribution in [0.5, 0.6) is 0 Å². The van der Waals surface area contributed by atoms with E-state index < -0.39 is 33.7 Å². The fraction of sp³-hybridized carbons (Fsp3) is 0.500. The molecule has 9 nitrogen and oxygen atoms in total. The van der Waals surface area contributed by atoms with Crippen molar-refractivity contribution in [1.29, 1.82) is 0 Å². The van der Waals surface area contributed by atoms with Crippen molar-refractivity contribution < 1.29 is 27.6 Å². The van der Waals surface area contributed by atoms with Crippen molar-refractivity contribution in [2.24, 2.45) is 5.73 Å². The van der Waals surface area contributed by atoms with Gasteiger partial charge >= 0.3 is 5.97 Å². The number of carboxylic acids is 1. The van der Waals surface area contributed by atoms with Crippen LogP contribution < -0.4 is 10.5 Å². The fourth-order valence-corrected chi connectivity index (χ4v) is 2.72. The molecule has 0 aliphatic heterocycles. The number of primary amides is 1. The van der Waals surface area contributed by atoms with Gasteiger partial charge in [0.2, 0.25) is 15.9 Å². The van der Waals surface area contributed by atoms with Crippen molar-refractivity contribution in [2.45, 2.75) is 31.6 Å². The molecule has 20 heavy (non-hydrogen) atoms. The lowest BCUT2D eigenvalue weighted by Crippen LogP contribution is -2.41. The highest BCUT2D eigenvalue weighted by atomic mass is 32.2. The predicted octanol–water partition coefficient (Wildman–Crippen LogP) is -0.879. The number of aromatic nitrogens is 1. The molecule has 0 radical (unpaired) electrons. The number of rotatable bonds is 8. The summed E-state index contributed by atoms with van der Waals surface area (Å²) in [6.07, 6.45) is -0.454. The van der Waals surface area contributed by atoms with Gasteiger partial charge in [-0.15, -0.1) is 0 Å². The van der Waals surface area contributed by atoms with Gasteiger partial charge in [0, 0.05) is 12.5 Å². The Balaban J connectivity index is 2.70. The maximum Gasteiger partial charge on any atom is 0.321 e. The SMILES string of the molecule is Cc1cc(CS(=O)(=O)N[C@@H](CCC(N)=O)C(=O)O)no1. The quantitative estimate of drug-likeness (QED) is 0.563. The Labute approximate surface area is 115 Å². The van der Waals surface area contributed by atoms with E-state index in [1.165, 1.54) is 6.07 Å². The first-order valence-corrected chi connectivity index (χ1v) is 7.28. The number of carboxylic acid groups (broad SMARTS) is 1. The van der Waals surface area contributed by atoms with Gasteiger partial charge in [0.25, 0.3) is 0 Å². The third-order valence-corrected chi connectivity index (χ3v) is 3.63. The molecule has 10 heteroatoms. The van der Waals surface area contributed by atoms with E-state index in [1.54, 1.807) is 6.92 Å². The van der Waals surface area contributed by atoms with Gasteiger partial charge in [0.05, 0.1) is 0 Å². The number of nitrogens with two attached hydrogens (primary N) is 1. The molecule has 0 fully saturated rings. The van der Waals surface area contributed by atoms with Crippen LogP contribution in [0.3, 0.4) is 0 Å². The number of hydrogen-bond acceptors (Lipinski definition) is 6. The summed E-state index contributed by atoms with van der Waals surface area (Å²) in [5, 5.41) is 12.4. The number of carbonyl (C=O) groups is 2. The molecule has 0 saturated carbocycles. The number of nitrogens with one attached hydrogen (secondary N) is 1. The minimum absolute atomic E-state index is 0.161. The minimum Gasteiger partial charge on any atom is -0.480 e. The third-order valence-electron chi connectivity index (χ3n) is 2.31. The fourth-order valence-electron chi connectivity index (χ4n) is 1.46. The van der Waals surface area contributed by atoms with Crippen LogP contribution in [0.15, 0.2) is 10.6 Å². The van der Waals surface area contributed by atoms with Crippen LogP contribution >= 0.6 is 0 Å². The summed E-state index contributed by atoms with van der Waals surface area (Å²) in [6, 6.07) is 0.0128. The molecule has 1 rings (SSSR count). The van der Waals surface area contributed by atoms with Crippen LogP contribution in [-0.2, 0) is 25.4 Å². The van der Waals surface area contributed by atoms with Gasteiger partial charge in [0.15, 0.2) is 0 Å². The molecule has 4 N–H and O–H groups in total. The van der Waals surface area contributed by atoms with Crippen LogP contribution in [0, 0.1) is 6.92 Å². The molecule has 0 saturated heterocycles. The number of amides is 1. The first-order valence-electron chi connectivity index (χ1n) is 5.63. The Kier molecular flexibility index (Phi) is 5.22. The van der Waals surface area contributed by atoms with Gasteiger partial charge in [0.1, 0.15) is 23.2 Å². The molecule has 1 heterocycles. The Bertz CT molecular complexity index is 594. The molecule has 0 unspecified atom stereocenters. The van der Waals surface area contributed by atoms with E-state index >= 15 is 0 Å². The number of carbonyl (C=O) groups excluding carboxylic acids is 1. The van der Waals surface area contributed by atoms with Crippen LogP contribution in [0.4, 0.5) is 0 Å². The molecule has 0 spiro atoms. The van der Waals surface area contributed by atoms with Crippen LogP contribution in [0.2, 0.25) is 0 Å². The van der Waals surface area contributed by atoms with Crippen molar-refractivity contribution in [3.8, 4) is 0 Å². The maximum absolute atomic E-state index is 11.8. The van der Waals surface area contributed by atoms with Crippen LogP contribution in [0.1, 0.15) is 24.3 Å². The molecule has 1 atom stereocenters. The zero-order valence-electron chi connectivity index (χ0n) is 10.7. The van der Waals surface area contributed by atoms with Gasteiger partial charge in [-0.2, -0.15) is 0 Å². The molecule has 0 aliphatic rings. The van der Waals surface area contributed by atoms with E-state index in [2.05, 4.69) is 5.16 Å². The molecule has 1 aromatic heterocycles. The Morgan fingerprint density at radius 2 is 2.20 bits per heavy atom. The van der Waals surface area contributed by atoms with E-state index in [9.17, 15) is 18.0 Å². The van der Waals surface area contributed by atoms with Crippen molar-refractivity contribution in [1.82, 2.24) is 9.88 Å². The van der Waals surface area contributed by atoms with E-state index in [1.807, 2.05) is 4.72 Å². The second-order valence-electron chi connectivity index (χ2n) is 4.20. The van der Waals surface area contributed by atoms with Gasteiger partial charge in [-0.05, 0) is 13.3 Å². The molecular weight excluding hydrogens is 290 g/mol. The van der Waals surface area contributed by atoms with Gasteiger partial charge < -0.3 is 15.4 Å². The summed E-state index contributed by atoms with van der Waals surface area (Å²) in [4.78, 5) is 21.5. The molecule has 1 amide bonds. The number of aryl methyl sites for hydroxylation is 1. The highest BCUT2D eigenvalue weighted by molar-refractivity contribution is 7.88. The van der Waals surface area contributed by atoms with Crippen molar-refractivity contribution in [2.75, 3.05) is 0 Å². The molecule has 0 bridgehead atoms. The van der Waals surface area contributed by atoms with E-state index in [4.69, 9.17) is 15.4 Å². The van der Waals surface area contributed by atoms with Crippen LogP contribution in [-0.4, -0.2) is 36.6 Å². The maximum atomic E-state index is 11.8. The third kappa shape index (κ3) is 5.36. The zero-order valence-corrected chi connectivity index (χ0v) is 11.5. The molecule has 0 aliphatic carbocycles. The smallest absolute Gasteiger partial charge is 0.321 e. The highest BCUT2D eigenvalue weighted by Crippen LogP contribution is 2.07. The second kappa shape index (κ2) is 6.48. The summed E-state index contributed by atoms with van der Waals surface area (Å²) < 4.78 is 30.3. The average Bonchev–Trinajstić information content (AvgIpc) is 2.68. The summed E-state index contributed by atoms with van der Waals surface area (Å²) in [5.41, 5.74) is 5.06. The Hall–Kier alpha value is -1.94. The average molecular weight is 305 g/mol. The lowest BCUT2D eigenvalue weighted by molar-refractivity contribution is -0.139. The molecule has 112 valence electrons. The van der Waals surface area contributed by atoms with E-state index in [-0.39, 0.29) is 18.5 Å². The highest BCUT2D eigenvalue weighted by Gasteiger charge is 2.25. The lowest BCUT2D eigenvalue weighted by Gasteiger charge is -2.13. The first-order chi connectivity index (χ1) is 9.19. The standard InChI is InChI=1S/C10H15N3O6S/c1-6-4-7(12-19-6)5-20(17,18)13-8(10(15)16)2-3-9(11)14/h4,8,13H,2-3,5H2,1H3,(H2,11,14)(H,15,16)/t8-/m0/s1. The molecule has 0 aromatic carbocycles. The first kappa shape index (κ1) is 16.1. The van der Waals surface area contributed by atoms with Gasteiger partial charge in [-0.1, -0.05) is 5.16 Å². The predicted molar refractivity (Wildman–Crippen MR) is 66.9 cm³/mol.